The van der Waals surface area contributed by atoms with Crippen LogP contribution in [0.5, 0.6) is 0 Å². The van der Waals surface area contributed by atoms with Crippen molar-refractivity contribution < 1.29 is 18.0 Å². The van der Waals surface area contributed by atoms with Crippen LogP contribution in [0.2, 0.25) is 0 Å². The van der Waals surface area contributed by atoms with Crippen LogP contribution in [0.25, 0.3) is 0 Å². The number of ketones is 2. The third-order valence-corrected chi connectivity index (χ3v) is 7.37. The van der Waals surface area contributed by atoms with E-state index in [0.29, 0.717) is 13.0 Å². The number of aryl methyl sites for hydroxylation is 3. The summed E-state index contributed by atoms with van der Waals surface area (Å²) in [6, 6.07) is 3.86. The number of hydrogen-bond acceptors (Lipinski definition) is 4. The summed E-state index contributed by atoms with van der Waals surface area (Å²) >= 11 is 0. The first kappa shape index (κ1) is 20.2. The third kappa shape index (κ3) is 4.02. The summed E-state index contributed by atoms with van der Waals surface area (Å²) < 4.78 is 25.7. The Balaban J connectivity index is 1.84. The molecule has 0 aromatic heterocycles. The summed E-state index contributed by atoms with van der Waals surface area (Å²) in [5.74, 6) is -1.13. The lowest BCUT2D eigenvalue weighted by molar-refractivity contribution is -0.125. The van der Waals surface area contributed by atoms with Crippen LogP contribution in [0.15, 0.2) is 12.1 Å². The molecule has 1 aromatic carbocycles. The molecule has 1 aliphatic heterocycles. The van der Waals surface area contributed by atoms with Gasteiger partial charge in [0.05, 0.1) is 6.26 Å². The van der Waals surface area contributed by atoms with Gasteiger partial charge in [-0.2, -0.15) is 4.31 Å². The molecule has 0 N–H and O–H groups in total. The van der Waals surface area contributed by atoms with Gasteiger partial charge in [0.25, 0.3) is 0 Å². The maximum absolute atomic E-state index is 13.1. The molecular weight excluding hydrogens is 362 g/mol. The second-order valence-electron chi connectivity index (χ2n) is 8.27. The Bertz CT molecular complexity index is 851. The van der Waals surface area contributed by atoms with Crippen molar-refractivity contribution in [1.82, 2.24) is 4.31 Å². The zero-order chi connectivity index (χ0) is 19.9. The minimum Gasteiger partial charge on any atom is -0.298 e. The van der Waals surface area contributed by atoms with Crippen molar-refractivity contribution in [2.45, 2.75) is 64.8 Å². The average Bonchev–Trinajstić information content (AvgIpc) is 2.81. The Morgan fingerprint density at radius 1 is 1.07 bits per heavy atom. The van der Waals surface area contributed by atoms with E-state index in [0.717, 1.165) is 41.5 Å². The van der Waals surface area contributed by atoms with E-state index in [1.54, 1.807) is 0 Å². The minimum atomic E-state index is -3.29. The number of Topliss-reactive ketones (excluding diaryl/α,β-unsaturated/α-hetero) is 2. The van der Waals surface area contributed by atoms with Crippen molar-refractivity contribution in [3.63, 3.8) is 0 Å². The van der Waals surface area contributed by atoms with Crippen LogP contribution in [-0.2, 0) is 19.6 Å². The maximum Gasteiger partial charge on any atom is 0.211 e. The van der Waals surface area contributed by atoms with Crippen molar-refractivity contribution in [3.8, 4) is 0 Å². The van der Waals surface area contributed by atoms with E-state index in [1.165, 1.54) is 10.6 Å². The fourth-order valence-corrected chi connectivity index (χ4v) is 6.17. The zero-order valence-electron chi connectivity index (χ0n) is 16.6. The highest BCUT2D eigenvalue weighted by Gasteiger charge is 2.45. The number of carbonyl (C=O) groups is 2. The summed E-state index contributed by atoms with van der Waals surface area (Å²) in [6.07, 6.45) is 4.49. The normalized spacial score (nSPS) is 27.3. The van der Waals surface area contributed by atoms with E-state index in [9.17, 15) is 18.0 Å². The van der Waals surface area contributed by atoms with E-state index in [2.05, 4.69) is 0 Å². The molecule has 1 heterocycles. The molecule has 1 aliphatic carbocycles. The van der Waals surface area contributed by atoms with Gasteiger partial charge >= 0.3 is 0 Å². The maximum atomic E-state index is 13.1. The molecule has 148 valence electrons. The Hall–Kier alpha value is -1.53. The quantitative estimate of drug-likeness (QED) is 0.740. The van der Waals surface area contributed by atoms with Crippen molar-refractivity contribution in [2.24, 2.45) is 5.92 Å². The lowest BCUT2D eigenvalue weighted by Crippen LogP contribution is -2.44. The highest BCUT2D eigenvalue weighted by atomic mass is 32.2. The number of nitrogens with zero attached hydrogens (tertiary/aromatic N) is 1. The highest BCUT2D eigenvalue weighted by molar-refractivity contribution is 7.88. The molecule has 0 amide bonds. The summed E-state index contributed by atoms with van der Waals surface area (Å²) in [5.41, 5.74) is 3.93. The average molecular weight is 392 g/mol. The first-order valence-electron chi connectivity index (χ1n) is 9.70. The molecule has 5 nitrogen and oxygen atoms in total. The van der Waals surface area contributed by atoms with Gasteiger partial charge in [-0.15, -0.1) is 0 Å². The first-order chi connectivity index (χ1) is 12.6. The lowest BCUT2D eigenvalue weighted by atomic mass is 9.85. The molecule has 0 bridgehead atoms. The molecule has 3 rings (SSSR count). The molecule has 6 heteroatoms. The molecule has 1 aromatic rings. The van der Waals surface area contributed by atoms with Crippen LogP contribution < -0.4 is 0 Å². The molecule has 1 saturated carbocycles. The monoisotopic (exact) mass is 391 g/mol. The van der Waals surface area contributed by atoms with Gasteiger partial charge < -0.3 is 0 Å². The number of hydrogen-bond donors (Lipinski definition) is 0. The van der Waals surface area contributed by atoms with E-state index in [1.807, 2.05) is 32.9 Å². The predicted molar refractivity (Wildman–Crippen MR) is 105 cm³/mol. The molecule has 0 radical (unpaired) electrons. The van der Waals surface area contributed by atoms with Crippen LogP contribution in [0, 0.1) is 26.7 Å². The van der Waals surface area contributed by atoms with Crippen LogP contribution in [0.3, 0.4) is 0 Å². The van der Waals surface area contributed by atoms with Gasteiger partial charge in [0.2, 0.25) is 10.0 Å². The fraction of sp³-hybridized carbons (Fsp3) is 0.619. The predicted octanol–water partition coefficient (Wildman–Crippen LogP) is 3.06. The first-order valence-corrected chi connectivity index (χ1v) is 11.6. The topological polar surface area (TPSA) is 71.5 Å². The zero-order valence-corrected chi connectivity index (χ0v) is 17.4. The van der Waals surface area contributed by atoms with E-state index in [-0.39, 0.29) is 29.9 Å². The van der Waals surface area contributed by atoms with Gasteiger partial charge in [-0.3, -0.25) is 9.59 Å². The van der Waals surface area contributed by atoms with Gasteiger partial charge in [0, 0.05) is 24.9 Å². The van der Waals surface area contributed by atoms with Gasteiger partial charge in [-0.25, -0.2) is 8.42 Å². The Morgan fingerprint density at radius 3 is 2.30 bits per heavy atom. The summed E-state index contributed by atoms with van der Waals surface area (Å²) in [4.78, 5) is 25.9. The van der Waals surface area contributed by atoms with Gasteiger partial charge in [-0.05, 0) is 56.7 Å². The number of piperidine rings is 1. The fourth-order valence-electron chi connectivity index (χ4n) is 4.98. The second kappa shape index (κ2) is 7.47. The van der Waals surface area contributed by atoms with Crippen molar-refractivity contribution in [3.05, 3.63) is 34.4 Å². The lowest BCUT2D eigenvalue weighted by Gasteiger charge is -2.34. The molecule has 3 unspecified atom stereocenters. The number of carbonyl (C=O) groups excluding carboxylic acids is 2. The Labute approximate surface area is 162 Å². The standard InChI is InChI=1S/C21H29NO4S/c1-13-9-14(2)19(15(3)10-13)20-18(23)12-16(21(20)24)11-17-7-5-6-8-22(17)27(4,25)26/h9-10,16-17,20H,5-8,11-12H2,1-4H3. The molecule has 0 spiro atoms. The summed E-state index contributed by atoms with van der Waals surface area (Å²) in [6.45, 7) is 6.43. The second-order valence-corrected chi connectivity index (χ2v) is 10.2. The Morgan fingerprint density at radius 2 is 1.70 bits per heavy atom. The van der Waals surface area contributed by atoms with Gasteiger partial charge in [0.15, 0.2) is 5.78 Å². The third-order valence-electron chi connectivity index (χ3n) is 6.04. The SMILES string of the molecule is Cc1cc(C)c(C2C(=O)CC(CC3CCCCN3S(C)(=O)=O)C2=O)c(C)c1. The van der Waals surface area contributed by atoms with Gasteiger partial charge in [-0.1, -0.05) is 24.1 Å². The molecular formula is C21H29NO4S. The van der Waals surface area contributed by atoms with Crippen LogP contribution in [0.1, 0.15) is 60.3 Å². The largest absolute Gasteiger partial charge is 0.298 e. The van der Waals surface area contributed by atoms with E-state index in [4.69, 9.17) is 0 Å². The minimum absolute atomic E-state index is 0.0261. The summed E-state index contributed by atoms with van der Waals surface area (Å²) in [7, 11) is -3.29. The van der Waals surface area contributed by atoms with Crippen LogP contribution in [0.4, 0.5) is 0 Å². The number of rotatable bonds is 4. The molecule has 27 heavy (non-hydrogen) atoms. The highest BCUT2D eigenvalue weighted by Crippen LogP contribution is 2.39. The smallest absolute Gasteiger partial charge is 0.211 e. The van der Waals surface area contributed by atoms with Crippen molar-refractivity contribution in [1.29, 1.82) is 0 Å². The number of sulfonamides is 1. The van der Waals surface area contributed by atoms with Gasteiger partial charge in [0.1, 0.15) is 11.7 Å². The number of benzene rings is 1. The van der Waals surface area contributed by atoms with Crippen LogP contribution >= 0.6 is 0 Å². The van der Waals surface area contributed by atoms with Crippen molar-refractivity contribution >= 4 is 21.6 Å². The van der Waals surface area contributed by atoms with E-state index < -0.39 is 15.9 Å². The van der Waals surface area contributed by atoms with Crippen LogP contribution in [-0.4, -0.2) is 43.1 Å². The Kier molecular flexibility index (Phi) is 5.59. The molecule has 2 fully saturated rings. The molecule has 3 atom stereocenters. The molecule has 1 saturated heterocycles. The van der Waals surface area contributed by atoms with E-state index >= 15 is 0 Å². The van der Waals surface area contributed by atoms with Crippen molar-refractivity contribution in [2.75, 3.05) is 12.8 Å². The summed E-state index contributed by atoms with van der Waals surface area (Å²) in [5, 5.41) is 0. The molecule has 2 aliphatic rings.